The van der Waals surface area contributed by atoms with E-state index in [4.69, 9.17) is 0 Å². The lowest BCUT2D eigenvalue weighted by Crippen LogP contribution is -2.49. The largest absolute Gasteiger partial charge is 0.507 e. The molecule has 1 fully saturated rings. The summed E-state index contributed by atoms with van der Waals surface area (Å²) >= 11 is 1.99. The molecule has 1 aromatic rings. The van der Waals surface area contributed by atoms with E-state index in [1.165, 1.54) is 11.0 Å². The Bertz CT molecular complexity index is 544. The van der Waals surface area contributed by atoms with Gasteiger partial charge in [0.05, 0.1) is 10.1 Å². The highest BCUT2D eigenvalue weighted by atomic mass is 127. The molecule has 114 valence electrons. The predicted octanol–water partition coefficient (Wildman–Crippen LogP) is 0.501. The second-order valence-corrected chi connectivity index (χ2v) is 6.12. The molecule has 7 heteroatoms. The van der Waals surface area contributed by atoms with Crippen LogP contribution in [-0.2, 0) is 4.79 Å². The number of hydrogen-bond donors (Lipinski definition) is 2. The van der Waals surface area contributed by atoms with Crippen LogP contribution in [0.3, 0.4) is 0 Å². The number of carbonyl (C=O) groups excluding carboxylic acids is 2. The molecule has 1 heterocycles. The molecule has 2 N–H and O–H groups in total. The van der Waals surface area contributed by atoms with Crippen LogP contribution in [0.25, 0.3) is 0 Å². The van der Waals surface area contributed by atoms with Crippen molar-refractivity contribution >= 4 is 34.4 Å². The molecule has 2 rings (SSSR count). The number of benzene rings is 1. The van der Waals surface area contributed by atoms with Gasteiger partial charge in [0, 0.05) is 38.8 Å². The third kappa shape index (κ3) is 4.07. The summed E-state index contributed by atoms with van der Waals surface area (Å²) in [5.74, 6) is -0.254. The topological polar surface area (TPSA) is 72.9 Å². The molecule has 0 bridgehead atoms. The number of halogens is 1. The van der Waals surface area contributed by atoms with Gasteiger partial charge in [0.2, 0.25) is 5.91 Å². The molecule has 21 heavy (non-hydrogen) atoms. The minimum Gasteiger partial charge on any atom is -0.507 e. The smallest absolute Gasteiger partial charge is 0.254 e. The normalized spacial score (nSPS) is 14.9. The fraction of sp³-hybridized carbons (Fsp3) is 0.429. The van der Waals surface area contributed by atoms with Gasteiger partial charge < -0.3 is 20.2 Å². The molecule has 0 aliphatic carbocycles. The molecule has 1 saturated heterocycles. The zero-order valence-corrected chi connectivity index (χ0v) is 14.0. The van der Waals surface area contributed by atoms with Gasteiger partial charge in [0.15, 0.2) is 0 Å². The number of phenols is 1. The number of amides is 2. The van der Waals surface area contributed by atoms with Crippen molar-refractivity contribution in [1.29, 1.82) is 0 Å². The third-order valence-corrected chi connectivity index (χ3v) is 4.29. The van der Waals surface area contributed by atoms with Crippen LogP contribution >= 0.6 is 22.6 Å². The number of rotatable bonds is 3. The highest BCUT2D eigenvalue weighted by molar-refractivity contribution is 14.1. The molecule has 2 amide bonds. The van der Waals surface area contributed by atoms with Crippen LogP contribution in [0.4, 0.5) is 0 Å². The van der Waals surface area contributed by atoms with E-state index in [9.17, 15) is 14.7 Å². The van der Waals surface area contributed by atoms with Gasteiger partial charge in [-0.1, -0.05) is 0 Å². The molecular formula is C14H18IN3O3. The Morgan fingerprint density at radius 2 is 2.05 bits per heavy atom. The molecule has 1 aliphatic rings. The molecular weight excluding hydrogens is 385 g/mol. The van der Waals surface area contributed by atoms with Crippen molar-refractivity contribution in [3.05, 3.63) is 27.3 Å². The SMILES string of the molecule is CN(CC(=O)N1CCNCC1)C(=O)c1ccc(I)c(O)c1. The predicted molar refractivity (Wildman–Crippen MR) is 87.2 cm³/mol. The average Bonchev–Trinajstić information content (AvgIpc) is 2.50. The zero-order chi connectivity index (χ0) is 15.4. The molecule has 0 saturated carbocycles. The first-order valence-electron chi connectivity index (χ1n) is 6.71. The Labute approximate surface area is 137 Å². The van der Waals surface area contributed by atoms with E-state index in [-0.39, 0.29) is 24.1 Å². The number of aromatic hydroxyl groups is 1. The summed E-state index contributed by atoms with van der Waals surface area (Å²) in [6.07, 6.45) is 0. The Morgan fingerprint density at radius 1 is 1.38 bits per heavy atom. The molecule has 0 aromatic heterocycles. The van der Waals surface area contributed by atoms with Crippen LogP contribution in [0, 0.1) is 3.57 Å². The maximum absolute atomic E-state index is 12.3. The highest BCUT2D eigenvalue weighted by Crippen LogP contribution is 2.21. The molecule has 0 unspecified atom stereocenters. The van der Waals surface area contributed by atoms with E-state index in [1.807, 2.05) is 22.6 Å². The van der Waals surface area contributed by atoms with E-state index >= 15 is 0 Å². The second-order valence-electron chi connectivity index (χ2n) is 4.96. The van der Waals surface area contributed by atoms with Gasteiger partial charge in [0.25, 0.3) is 5.91 Å². The Hall–Kier alpha value is -1.35. The fourth-order valence-electron chi connectivity index (χ4n) is 2.16. The number of hydrogen-bond acceptors (Lipinski definition) is 4. The Morgan fingerprint density at radius 3 is 2.67 bits per heavy atom. The number of likely N-dealkylation sites (N-methyl/N-ethyl adjacent to an activating group) is 1. The summed E-state index contributed by atoms with van der Waals surface area (Å²) in [5, 5.41) is 12.8. The van der Waals surface area contributed by atoms with Crippen molar-refractivity contribution in [2.24, 2.45) is 0 Å². The van der Waals surface area contributed by atoms with E-state index in [0.29, 0.717) is 22.2 Å². The van der Waals surface area contributed by atoms with E-state index < -0.39 is 0 Å². The number of carbonyl (C=O) groups is 2. The zero-order valence-electron chi connectivity index (χ0n) is 11.8. The van der Waals surface area contributed by atoms with Gasteiger partial charge in [-0.3, -0.25) is 9.59 Å². The summed E-state index contributed by atoms with van der Waals surface area (Å²) in [5.41, 5.74) is 0.378. The van der Waals surface area contributed by atoms with E-state index in [1.54, 1.807) is 24.1 Å². The van der Waals surface area contributed by atoms with Crippen molar-refractivity contribution in [2.75, 3.05) is 39.8 Å². The van der Waals surface area contributed by atoms with Crippen LogP contribution in [0.2, 0.25) is 0 Å². The van der Waals surface area contributed by atoms with Crippen LogP contribution in [0.1, 0.15) is 10.4 Å². The highest BCUT2D eigenvalue weighted by Gasteiger charge is 2.21. The van der Waals surface area contributed by atoms with Crippen molar-refractivity contribution in [3.8, 4) is 5.75 Å². The maximum Gasteiger partial charge on any atom is 0.254 e. The lowest BCUT2D eigenvalue weighted by atomic mass is 10.2. The summed E-state index contributed by atoms with van der Waals surface area (Å²) in [6.45, 7) is 2.96. The van der Waals surface area contributed by atoms with Gasteiger partial charge in [-0.2, -0.15) is 0 Å². The summed E-state index contributed by atoms with van der Waals surface area (Å²) in [6, 6.07) is 4.75. The van der Waals surface area contributed by atoms with Gasteiger partial charge in [0.1, 0.15) is 5.75 Å². The minimum atomic E-state index is -0.273. The van der Waals surface area contributed by atoms with Gasteiger partial charge in [-0.25, -0.2) is 0 Å². The van der Waals surface area contributed by atoms with Crippen molar-refractivity contribution in [1.82, 2.24) is 15.1 Å². The summed E-state index contributed by atoms with van der Waals surface area (Å²) in [4.78, 5) is 27.5. The number of phenolic OH excluding ortho intramolecular Hbond substituents is 1. The lowest BCUT2D eigenvalue weighted by Gasteiger charge is -2.29. The van der Waals surface area contributed by atoms with Crippen LogP contribution in [0.5, 0.6) is 5.75 Å². The van der Waals surface area contributed by atoms with Gasteiger partial charge in [-0.15, -0.1) is 0 Å². The Balaban J connectivity index is 1.98. The fourth-order valence-corrected chi connectivity index (χ4v) is 2.49. The van der Waals surface area contributed by atoms with Crippen LogP contribution in [-0.4, -0.2) is 66.5 Å². The van der Waals surface area contributed by atoms with Crippen LogP contribution in [0.15, 0.2) is 18.2 Å². The number of nitrogens with one attached hydrogen (secondary N) is 1. The molecule has 0 atom stereocenters. The van der Waals surface area contributed by atoms with Gasteiger partial charge in [-0.05, 0) is 40.8 Å². The molecule has 0 radical (unpaired) electrons. The number of nitrogens with zero attached hydrogens (tertiary/aromatic N) is 2. The molecule has 6 nitrogen and oxygen atoms in total. The van der Waals surface area contributed by atoms with Crippen molar-refractivity contribution in [3.63, 3.8) is 0 Å². The minimum absolute atomic E-state index is 0.0472. The van der Waals surface area contributed by atoms with Crippen LogP contribution < -0.4 is 5.32 Å². The van der Waals surface area contributed by atoms with E-state index in [2.05, 4.69) is 5.32 Å². The summed E-state index contributed by atoms with van der Waals surface area (Å²) in [7, 11) is 1.59. The summed E-state index contributed by atoms with van der Waals surface area (Å²) < 4.78 is 0.684. The maximum atomic E-state index is 12.3. The number of piperazine rings is 1. The first-order valence-corrected chi connectivity index (χ1v) is 7.79. The monoisotopic (exact) mass is 403 g/mol. The van der Waals surface area contributed by atoms with E-state index in [0.717, 1.165) is 13.1 Å². The van der Waals surface area contributed by atoms with Crippen molar-refractivity contribution < 1.29 is 14.7 Å². The average molecular weight is 403 g/mol. The molecule has 1 aromatic carbocycles. The second kappa shape index (κ2) is 7.08. The first kappa shape index (κ1) is 16.0. The first-order chi connectivity index (χ1) is 9.99. The van der Waals surface area contributed by atoms with Gasteiger partial charge >= 0.3 is 0 Å². The molecule has 1 aliphatic heterocycles. The molecule has 0 spiro atoms. The standard InChI is InChI=1S/C14H18IN3O3/c1-17(9-13(20)18-6-4-16-5-7-18)14(21)10-2-3-11(15)12(19)8-10/h2-3,8,16,19H,4-7,9H2,1H3. The quantitative estimate of drug-likeness (QED) is 0.722. The Kier molecular flexibility index (Phi) is 5.40. The van der Waals surface area contributed by atoms with Crippen molar-refractivity contribution in [2.45, 2.75) is 0 Å². The third-order valence-electron chi connectivity index (χ3n) is 3.38. The lowest BCUT2D eigenvalue weighted by molar-refractivity contribution is -0.132.